The molecule has 0 aliphatic rings. The van der Waals surface area contributed by atoms with Crippen molar-refractivity contribution in [2.75, 3.05) is 11.1 Å². The molecule has 30 heavy (non-hydrogen) atoms. The molecule has 0 fully saturated rings. The molecule has 4 rings (SSSR count). The minimum absolute atomic E-state index is 0.243. The summed E-state index contributed by atoms with van der Waals surface area (Å²) < 4.78 is 0. The Balaban J connectivity index is 1.63. The van der Waals surface area contributed by atoms with E-state index in [0.717, 1.165) is 33.9 Å². The number of aryl methyl sites for hydroxylation is 1. The molecule has 0 saturated heterocycles. The highest BCUT2D eigenvalue weighted by Gasteiger charge is 2.15. The van der Waals surface area contributed by atoms with Crippen molar-refractivity contribution < 1.29 is 4.79 Å². The van der Waals surface area contributed by atoms with Gasteiger partial charge in [0, 0.05) is 24.4 Å². The maximum absolute atomic E-state index is 11.3. The molecule has 0 bridgehead atoms. The average molecular weight is 397 g/mol. The Morgan fingerprint density at radius 2 is 2.07 bits per heavy atom. The number of nitrogens with two attached hydrogens (primary N) is 1. The Hall–Kier alpha value is -4.25. The fourth-order valence-corrected chi connectivity index (χ4v) is 3.44. The molecule has 8 heteroatoms. The maximum Gasteiger partial charge on any atom is 0.143 e. The molecule has 3 aromatic heterocycles. The molecule has 3 heterocycles. The van der Waals surface area contributed by atoms with Crippen LogP contribution in [-0.2, 0) is 4.79 Å². The molecule has 0 aliphatic carbocycles. The summed E-state index contributed by atoms with van der Waals surface area (Å²) in [6.07, 6.45) is 5.96. The number of nitrogens with one attached hydrogen (secondary N) is 2. The molecule has 0 saturated carbocycles. The second kappa shape index (κ2) is 8.01. The molecule has 0 radical (unpaired) electrons. The van der Waals surface area contributed by atoms with Crippen LogP contribution in [0.3, 0.4) is 0 Å². The molecular formula is C22H19N7O. The number of aldehydes is 1. The third kappa shape index (κ3) is 3.56. The van der Waals surface area contributed by atoms with Crippen LogP contribution in [0.1, 0.15) is 29.2 Å². The van der Waals surface area contributed by atoms with Crippen LogP contribution < -0.4 is 11.1 Å². The van der Waals surface area contributed by atoms with E-state index in [1.54, 1.807) is 6.07 Å². The van der Waals surface area contributed by atoms with Crippen molar-refractivity contribution in [1.29, 1.82) is 5.26 Å². The first kappa shape index (κ1) is 19.1. The van der Waals surface area contributed by atoms with Gasteiger partial charge in [-0.25, -0.2) is 15.0 Å². The number of nitriles is 1. The summed E-state index contributed by atoms with van der Waals surface area (Å²) in [6, 6.07) is 11.5. The van der Waals surface area contributed by atoms with Crippen LogP contribution in [0.2, 0.25) is 0 Å². The summed E-state index contributed by atoms with van der Waals surface area (Å²) in [4.78, 5) is 27.0. The molecular weight excluding hydrogens is 378 g/mol. The summed E-state index contributed by atoms with van der Waals surface area (Å²) in [6.45, 7) is 1.88. The fourth-order valence-electron chi connectivity index (χ4n) is 3.44. The Labute approximate surface area is 172 Å². The molecule has 0 aliphatic heterocycles. The Morgan fingerprint density at radius 1 is 1.27 bits per heavy atom. The number of carbonyl (C=O) groups is 1. The zero-order valence-corrected chi connectivity index (χ0v) is 16.3. The second-order valence-corrected chi connectivity index (χ2v) is 6.91. The number of hydrogen-bond donors (Lipinski definition) is 3. The monoisotopic (exact) mass is 397 g/mol. The maximum atomic E-state index is 11.3. The molecule has 4 N–H and O–H groups in total. The number of rotatable bonds is 6. The van der Waals surface area contributed by atoms with Crippen LogP contribution in [0.15, 0.2) is 49.1 Å². The van der Waals surface area contributed by atoms with E-state index in [4.69, 9.17) is 11.0 Å². The van der Waals surface area contributed by atoms with Gasteiger partial charge in [0.05, 0.1) is 17.0 Å². The summed E-state index contributed by atoms with van der Waals surface area (Å²) in [5.74, 6) is 1.06. The van der Waals surface area contributed by atoms with Crippen LogP contribution in [-0.4, -0.2) is 26.2 Å². The van der Waals surface area contributed by atoms with Crippen LogP contribution in [0.25, 0.3) is 22.2 Å². The number of H-pyrrole nitrogens is 1. The number of anilines is 2. The summed E-state index contributed by atoms with van der Waals surface area (Å²) in [5, 5.41) is 13.1. The average Bonchev–Trinajstić information content (AvgIpc) is 3.20. The zero-order valence-electron chi connectivity index (χ0n) is 16.3. The first-order chi connectivity index (χ1) is 14.6. The van der Waals surface area contributed by atoms with Gasteiger partial charge in [0.1, 0.15) is 36.0 Å². The van der Waals surface area contributed by atoms with Gasteiger partial charge in [-0.3, -0.25) is 0 Å². The van der Waals surface area contributed by atoms with Crippen molar-refractivity contribution in [3.05, 3.63) is 65.7 Å². The van der Waals surface area contributed by atoms with Crippen LogP contribution in [0, 0.1) is 18.3 Å². The Bertz CT molecular complexity index is 1250. The highest BCUT2D eigenvalue weighted by Crippen LogP contribution is 2.32. The van der Waals surface area contributed by atoms with E-state index in [-0.39, 0.29) is 12.5 Å². The lowest BCUT2D eigenvalue weighted by atomic mass is 9.99. The Kier molecular flexibility index (Phi) is 5.09. The normalized spacial score (nSPS) is 11.7. The van der Waals surface area contributed by atoms with E-state index < -0.39 is 0 Å². The molecule has 0 amide bonds. The van der Waals surface area contributed by atoms with Crippen molar-refractivity contribution in [1.82, 2.24) is 19.9 Å². The smallest absolute Gasteiger partial charge is 0.143 e. The first-order valence-corrected chi connectivity index (χ1v) is 9.35. The molecule has 1 atom stereocenters. The van der Waals surface area contributed by atoms with E-state index >= 15 is 0 Å². The van der Waals surface area contributed by atoms with Gasteiger partial charge in [-0.2, -0.15) is 5.26 Å². The molecule has 1 unspecified atom stereocenters. The van der Waals surface area contributed by atoms with Gasteiger partial charge in [-0.1, -0.05) is 24.3 Å². The summed E-state index contributed by atoms with van der Waals surface area (Å²) in [7, 11) is 0. The van der Waals surface area contributed by atoms with Crippen molar-refractivity contribution in [2.24, 2.45) is 0 Å². The number of benzene rings is 1. The minimum Gasteiger partial charge on any atom is -0.383 e. The second-order valence-electron chi connectivity index (χ2n) is 6.91. The quantitative estimate of drug-likeness (QED) is 0.424. The number of nitrogens with zero attached hydrogens (tertiary/aromatic N) is 4. The molecule has 8 nitrogen and oxygen atoms in total. The number of pyridine rings is 1. The van der Waals surface area contributed by atoms with E-state index in [9.17, 15) is 4.79 Å². The minimum atomic E-state index is -0.243. The SMILES string of the molecule is Cc1cc(C#N)cnc1NC(CC=O)c1ccc(-c2c[nH]c3ncnc(N)c23)cc1. The molecule has 0 spiro atoms. The van der Waals surface area contributed by atoms with Crippen LogP contribution in [0.5, 0.6) is 0 Å². The molecule has 1 aromatic carbocycles. The predicted molar refractivity (Wildman–Crippen MR) is 114 cm³/mol. The highest BCUT2D eigenvalue weighted by molar-refractivity contribution is 6.00. The van der Waals surface area contributed by atoms with Gasteiger partial charge >= 0.3 is 0 Å². The lowest BCUT2D eigenvalue weighted by molar-refractivity contribution is -0.108. The highest BCUT2D eigenvalue weighted by atomic mass is 16.1. The van der Waals surface area contributed by atoms with Crippen molar-refractivity contribution >= 4 is 29.0 Å². The lowest BCUT2D eigenvalue weighted by Gasteiger charge is -2.19. The molecule has 4 aromatic rings. The third-order valence-corrected chi connectivity index (χ3v) is 4.97. The number of nitrogen functional groups attached to an aromatic ring is 1. The van der Waals surface area contributed by atoms with Crippen LogP contribution in [0.4, 0.5) is 11.6 Å². The van der Waals surface area contributed by atoms with Gasteiger partial charge in [0.2, 0.25) is 0 Å². The third-order valence-electron chi connectivity index (χ3n) is 4.97. The van der Waals surface area contributed by atoms with Gasteiger partial charge in [-0.05, 0) is 29.7 Å². The van der Waals surface area contributed by atoms with E-state index in [0.29, 0.717) is 22.8 Å². The van der Waals surface area contributed by atoms with Crippen molar-refractivity contribution in [3.8, 4) is 17.2 Å². The number of fused-ring (bicyclic) bond motifs is 1. The topological polar surface area (TPSA) is 133 Å². The summed E-state index contributed by atoms with van der Waals surface area (Å²) >= 11 is 0. The number of aromatic amines is 1. The largest absolute Gasteiger partial charge is 0.383 e. The summed E-state index contributed by atoms with van der Waals surface area (Å²) in [5.41, 5.74) is 10.9. The fraction of sp³-hybridized carbons (Fsp3) is 0.136. The predicted octanol–water partition coefficient (Wildman–Crippen LogP) is 3.52. The number of carbonyl (C=O) groups excluding carboxylic acids is 1. The van der Waals surface area contributed by atoms with Gasteiger partial charge < -0.3 is 20.8 Å². The van der Waals surface area contributed by atoms with E-state index in [1.165, 1.54) is 12.5 Å². The van der Waals surface area contributed by atoms with E-state index in [1.807, 2.05) is 37.4 Å². The zero-order chi connectivity index (χ0) is 21.1. The van der Waals surface area contributed by atoms with Gasteiger partial charge in [0.25, 0.3) is 0 Å². The Morgan fingerprint density at radius 3 is 2.77 bits per heavy atom. The van der Waals surface area contributed by atoms with Crippen LogP contribution >= 0.6 is 0 Å². The van der Waals surface area contributed by atoms with Gasteiger partial charge in [0.15, 0.2) is 0 Å². The number of hydrogen-bond acceptors (Lipinski definition) is 7. The van der Waals surface area contributed by atoms with Crippen molar-refractivity contribution in [3.63, 3.8) is 0 Å². The first-order valence-electron chi connectivity index (χ1n) is 9.35. The standard InChI is InChI=1S/C22H19N7O/c1-13-8-14(9-23)10-25-21(13)29-18(6-7-30)16-4-2-15(3-5-16)17-11-26-22-19(17)20(24)27-12-28-22/h2-5,7-8,10-12,18H,6H2,1H3,(H,25,29)(H3,24,26,27,28). The molecule has 148 valence electrons. The van der Waals surface area contributed by atoms with E-state index in [2.05, 4.69) is 31.3 Å². The lowest BCUT2D eigenvalue weighted by Crippen LogP contribution is -2.13. The number of aromatic nitrogens is 4. The van der Waals surface area contributed by atoms with Crippen molar-refractivity contribution in [2.45, 2.75) is 19.4 Å². The van der Waals surface area contributed by atoms with Gasteiger partial charge in [-0.15, -0.1) is 0 Å².